The minimum absolute atomic E-state index is 0.0136. The predicted molar refractivity (Wildman–Crippen MR) is 78.2 cm³/mol. The van der Waals surface area contributed by atoms with Gasteiger partial charge in [-0.05, 0) is 39.0 Å². The van der Waals surface area contributed by atoms with E-state index in [0.29, 0.717) is 17.8 Å². The molecule has 1 aromatic carbocycles. The number of hydrogen-bond donors (Lipinski definition) is 2. The van der Waals surface area contributed by atoms with Gasteiger partial charge in [-0.2, -0.15) is 5.26 Å². The van der Waals surface area contributed by atoms with E-state index in [2.05, 4.69) is 5.32 Å². The van der Waals surface area contributed by atoms with Gasteiger partial charge in [0.2, 0.25) is 5.91 Å². The Morgan fingerprint density at radius 2 is 2.15 bits per heavy atom. The van der Waals surface area contributed by atoms with Crippen molar-refractivity contribution in [3.05, 3.63) is 29.8 Å². The van der Waals surface area contributed by atoms with Crippen LogP contribution in [0.2, 0.25) is 0 Å². The molecule has 0 aliphatic rings. The lowest BCUT2D eigenvalue weighted by Crippen LogP contribution is -2.47. The Kier molecular flexibility index (Phi) is 6.16. The number of aliphatic hydroxyl groups is 1. The van der Waals surface area contributed by atoms with Gasteiger partial charge in [0.1, 0.15) is 0 Å². The number of carbonyl (C=O) groups excluding carboxylic acids is 1. The van der Waals surface area contributed by atoms with E-state index in [1.54, 1.807) is 31.2 Å². The number of benzene rings is 1. The Balaban J connectivity index is 2.76. The second-order valence-electron chi connectivity index (χ2n) is 4.91. The molecule has 0 saturated heterocycles. The van der Waals surface area contributed by atoms with E-state index in [1.807, 2.05) is 24.8 Å². The highest BCUT2D eigenvalue weighted by Gasteiger charge is 2.23. The van der Waals surface area contributed by atoms with Crippen LogP contribution in [0.15, 0.2) is 24.3 Å². The monoisotopic (exact) mass is 275 g/mol. The molecule has 1 amide bonds. The van der Waals surface area contributed by atoms with E-state index in [1.165, 1.54) is 0 Å². The molecule has 0 radical (unpaired) electrons. The van der Waals surface area contributed by atoms with Gasteiger partial charge in [-0.1, -0.05) is 6.07 Å². The van der Waals surface area contributed by atoms with Crippen LogP contribution < -0.4 is 5.32 Å². The third-order valence-corrected chi connectivity index (χ3v) is 3.16. The zero-order valence-electron chi connectivity index (χ0n) is 12.1. The third-order valence-electron chi connectivity index (χ3n) is 3.16. The Labute approximate surface area is 119 Å². The Morgan fingerprint density at radius 3 is 2.70 bits per heavy atom. The average molecular weight is 275 g/mol. The molecule has 5 heteroatoms. The van der Waals surface area contributed by atoms with Gasteiger partial charge in [-0.3, -0.25) is 9.69 Å². The molecule has 0 bridgehead atoms. The normalized spacial score (nSPS) is 12.2. The smallest absolute Gasteiger partial charge is 0.241 e. The number of nitrogens with zero attached hydrogens (tertiary/aromatic N) is 2. The van der Waals surface area contributed by atoms with Crippen molar-refractivity contribution in [3.63, 3.8) is 0 Å². The first-order valence-corrected chi connectivity index (χ1v) is 6.67. The summed E-state index contributed by atoms with van der Waals surface area (Å²) in [6, 6.07) is 8.64. The van der Waals surface area contributed by atoms with Crippen molar-refractivity contribution < 1.29 is 9.90 Å². The molecule has 108 valence electrons. The van der Waals surface area contributed by atoms with E-state index in [4.69, 9.17) is 10.4 Å². The largest absolute Gasteiger partial charge is 0.395 e. The molecule has 0 heterocycles. The van der Waals surface area contributed by atoms with Crippen LogP contribution >= 0.6 is 0 Å². The summed E-state index contributed by atoms with van der Waals surface area (Å²) in [4.78, 5) is 14.1. The maximum absolute atomic E-state index is 12.2. The van der Waals surface area contributed by atoms with Gasteiger partial charge in [0.25, 0.3) is 0 Å². The summed E-state index contributed by atoms with van der Waals surface area (Å²) in [5.74, 6) is -0.151. The molecule has 1 unspecified atom stereocenters. The lowest BCUT2D eigenvalue weighted by molar-refractivity contribution is -0.121. The van der Waals surface area contributed by atoms with Crippen molar-refractivity contribution in [3.8, 4) is 6.07 Å². The summed E-state index contributed by atoms with van der Waals surface area (Å²) in [7, 11) is 0. The van der Waals surface area contributed by atoms with E-state index < -0.39 is 0 Å². The van der Waals surface area contributed by atoms with Crippen LogP contribution in [-0.2, 0) is 4.79 Å². The molecule has 0 aromatic heterocycles. The quantitative estimate of drug-likeness (QED) is 0.826. The summed E-state index contributed by atoms with van der Waals surface area (Å²) in [6.45, 7) is 6.23. The molecule has 1 atom stereocenters. The summed E-state index contributed by atoms with van der Waals surface area (Å²) in [5, 5.41) is 20.7. The van der Waals surface area contributed by atoms with Crippen LogP contribution in [0.1, 0.15) is 26.3 Å². The zero-order valence-corrected chi connectivity index (χ0v) is 12.1. The predicted octanol–water partition coefficient (Wildman–Crippen LogP) is 1.59. The molecule has 0 fully saturated rings. The van der Waals surface area contributed by atoms with E-state index in [0.717, 1.165) is 0 Å². The highest BCUT2D eigenvalue weighted by molar-refractivity contribution is 5.94. The number of nitrogens with one attached hydrogen (secondary N) is 1. The maximum atomic E-state index is 12.2. The maximum Gasteiger partial charge on any atom is 0.241 e. The Hall–Kier alpha value is -1.90. The molecule has 0 spiro atoms. The van der Waals surface area contributed by atoms with Gasteiger partial charge < -0.3 is 10.4 Å². The van der Waals surface area contributed by atoms with Crippen molar-refractivity contribution in [1.82, 2.24) is 4.90 Å². The standard InChI is InChI=1S/C15H21N3O2/c1-11(2)18(7-8-19)12(3)15(20)17-14-6-4-5-13(9-14)10-16/h4-6,9,11-12,19H,7-8H2,1-3H3,(H,17,20). The van der Waals surface area contributed by atoms with Crippen molar-refractivity contribution in [2.45, 2.75) is 32.9 Å². The fourth-order valence-electron chi connectivity index (χ4n) is 2.08. The van der Waals surface area contributed by atoms with Crippen LogP contribution in [-0.4, -0.2) is 41.1 Å². The highest BCUT2D eigenvalue weighted by atomic mass is 16.3. The van der Waals surface area contributed by atoms with Crippen molar-refractivity contribution in [2.24, 2.45) is 0 Å². The number of aliphatic hydroxyl groups excluding tert-OH is 1. The first-order chi connectivity index (χ1) is 9.49. The number of anilines is 1. The van der Waals surface area contributed by atoms with Crippen LogP contribution in [0.4, 0.5) is 5.69 Å². The van der Waals surface area contributed by atoms with Gasteiger partial charge in [0.15, 0.2) is 0 Å². The SMILES string of the molecule is CC(C)N(CCO)C(C)C(=O)Nc1cccc(C#N)c1. The van der Waals surface area contributed by atoms with Crippen molar-refractivity contribution in [2.75, 3.05) is 18.5 Å². The summed E-state index contributed by atoms with van der Waals surface area (Å²) in [6.07, 6.45) is 0. The van der Waals surface area contributed by atoms with Crippen molar-refractivity contribution >= 4 is 11.6 Å². The molecule has 0 aliphatic carbocycles. The molecule has 0 saturated carbocycles. The molecule has 1 aromatic rings. The van der Waals surface area contributed by atoms with Crippen LogP contribution in [0.3, 0.4) is 0 Å². The Bertz CT molecular complexity index is 494. The molecular weight excluding hydrogens is 254 g/mol. The van der Waals surface area contributed by atoms with Gasteiger partial charge >= 0.3 is 0 Å². The molecular formula is C15H21N3O2. The van der Waals surface area contributed by atoms with Crippen LogP contribution in [0, 0.1) is 11.3 Å². The molecule has 20 heavy (non-hydrogen) atoms. The van der Waals surface area contributed by atoms with Crippen molar-refractivity contribution in [1.29, 1.82) is 5.26 Å². The van der Waals surface area contributed by atoms with E-state index in [9.17, 15) is 4.79 Å². The molecule has 2 N–H and O–H groups in total. The minimum Gasteiger partial charge on any atom is -0.395 e. The molecule has 0 aliphatic heterocycles. The van der Waals surface area contributed by atoms with E-state index >= 15 is 0 Å². The average Bonchev–Trinajstić information content (AvgIpc) is 2.43. The molecule has 5 nitrogen and oxygen atoms in total. The second-order valence-corrected chi connectivity index (χ2v) is 4.91. The van der Waals surface area contributed by atoms with Crippen LogP contribution in [0.5, 0.6) is 0 Å². The van der Waals surface area contributed by atoms with Gasteiger partial charge in [0, 0.05) is 18.3 Å². The highest BCUT2D eigenvalue weighted by Crippen LogP contribution is 2.12. The second kappa shape index (κ2) is 7.63. The van der Waals surface area contributed by atoms with E-state index in [-0.39, 0.29) is 24.6 Å². The fraction of sp³-hybridized carbons (Fsp3) is 0.467. The first kappa shape index (κ1) is 16.2. The Morgan fingerprint density at radius 1 is 1.45 bits per heavy atom. The summed E-state index contributed by atoms with van der Waals surface area (Å²) >= 11 is 0. The first-order valence-electron chi connectivity index (χ1n) is 6.67. The zero-order chi connectivity index (χ0) is 15.1. The lowest BCUT2D eigenvalue weighted by Gasteiger charge is -2.31. The van der Waals surface area contributed by atoms with Gasteiger partial charge in [0.05, 0.1) is 24.3 Å². The summed E-state index contributed by atoms with van der Waals surface area (Å²) in [5.41, 5.74) is 1.11. The number of amides is 1. The fourth-order valence-corrected chi connectivity index (χ4v) is 2.08. The third kappa shape index (κ3) is 4.34. The number of hydrogen-bond acceptors (Lipinski definition) is 4. The number of rotatable bonds is 6. The molecule has 1 rings (SSSR count). The topological polar surface area (TPSA) is 76.4 Å². The van der Waals surface area contributed by atoms with Gasteiger partial charge in [-0.25, -0.2) is 0 Å². The number of nitriles is 1. The summed E-state index contributed by atoms with van der Waals surface area (Å²) < 4.78 is 0. The number of carbonyl (C=O) groups is 1. The lowest BCUT2D eigenvalue weighted by atomic mass is 10.2. The van der Waals surface area contributed by atoms with Gasteiger partial charge in [-0.15, -0.1) is 0 Å². The minimum atomic E-state index is -0.354. The van der Waals surface area contributed by atoms with Crippen LogP contribution in [0.25, 0.3) is 0 Å².